The van der Waals surface area contributed by atoms with Crippen LogP contribution in [-0.2, 0) is 4.79 Å². The Morgan fingerprint density at radius 1 is 1.15 bits per heavy atom. The molecule has 9 heteroatoms. The highest BCUT2D eigenvalue weighted by Crippen LogP contribution is 2.32. The Bertz CT molecular complexity index is 1280. The second kappa shape index (κ2) is 10.1. The third-order valence-corrected chi connectivity index (χ3v) is 6.27. The standard InChI is InChI=1S/C24H22ClN5O2S/c1-15-6-8-18(9-7-15)30-23(17-5-4-10-26-13-17)28-29-24(30)33-14-22(31)27-20-11-16(2)19(25)12-21(20)32-3/h4-13H,14H2,1-3H3,(H,27,31). The van der Waals surface area contributed by atoms with E-state index in [1.807, 2.05) is 54.8 Å². The number of aryl methyl sites for hydroxylation is 2. The number of pyridine rings is 1. The van der Waals surface area contributed by atoms with Crippen molar-refractivity contribution in [3.63, 3.8) is 0 Å². The van der Waals surface area contributed by atoms with Crippen LogP contribution in [0.1, 0.15) is 11.1 Å². The minimum atomic E-state index is -0.193. The maximum Gasteiger partial charge on any atom is 0.234 e. The van der Waals surface area contributed by atoms with Gasteiger partial charge in [-0.2, -0.15) is 0 Å². The number of halogens is 1. The Kier molecular flexibility index (Phi) is 6.96. The monoisotopic (exact) mass is 479 g/mol. The lowest BCUT2D eigenvalue weighted by Gasteiger charge is -2.13. The minimum absolute atomic E-state index is 0.141. The van der Waals surface area contributed by atoms with Crippen LogP contribution in [0.4, 0.5) is 5.69 Å². The molecule has 0 bridgehead atoms. The van der Waals surface area contributed by atoms with Crippen molar-refractivity contribution >= 4 is 35.0 Å². The summed E-state index contributed by atoms with van der Waals surface area (Å²) in [5, 5.41) is 12.8. The summed E-state index contributed by atoms with van der Waals surface area (Å²) in [6.07, 6.45) is 3.45. The Balaban J connectivity index is 1.59. The minimum Gasteiger partial charge on any atom is -0.495 e. The Morgan fingerprint density at radius 2 is 1.94 bits per heavy atom. The van der Waals surface area contributed by atoms with Crippen LogP contribution >= 0.6 is 23.4 Å². The first-order valence-corrected chi connectivity index (χ1v) is 11.5. The van der Waals surface area contributed by atoms with E-state index >= 15 is 0 Å². The van der Waals surface area contributed by atoms with E-state index in [0.717, 1.165) is 22.4 Å². The summed E-state index contributed by atoms with van der Waals surface area (Å²) < 4.78 is 7.28. The lowest BCUT2D eigenvalue weighted by Crippen LogP contribution is -2.15. The summed E-state index contributed by atoms with van der Waals surface area (Å²) in [6.45, 7) is 3.90. The second-order valence-corrected chi connectivity index (χ2v) is 8.71. The number of aromatic nitrogens is 4. The van der Waals surface area contributed by atoms with Crippen molar-refractivity contribution in [1.82, 2.24) is 19.7 Å². The van der Waals surface area contributed by atoms with E-state index in [2.05, 4.69) is 20.5 Å². The predicted octanol–water partition coefficient (Wildman–Crippen LogP) is 5.34. The molecular formula is C24H22ClN5O2S. The fourth-order valence-corrected chi connectivity index (χ4v) is 4.12. The zero-order valence-electron chi connectivity index (χ0n) is 18.4. The van der Waals surface area contributed by atoms with Crippen molar-refractivity contribution in [2.45, 2.75) is 19.0 Å². The van der Waals surface area contributed by atoms with Crippen molar-refractivity contribution < 1.29 is 9.53 Å². The number of benzene rings is 2. The van der Waals surface area contributed by atoms with Crippen LogP contribution in [-0.4, -0.2) is 38.5 Å². The largest absolute Gasteiger partial charge is 0.495 e. The number of hydrogen-bond acceptors (Lipinski definition) is 6. The maximum atomic E-state index is 12.7. The number of thioether (sulfide) groups is 1. The predicted molar refractivity (Wildman–Crippen MR) is 131 cm³/mol. The number of carbonyl (C=O) groups is 1. The Hall–Kier alpha value is -3.36. The number of hydrogen-bond donors (Lipinski definition) is 1. The molecule has 4 rings (SSSR count). The molecule has 7 nitrogen and oxygen atoms in total. The molecule has 0 radical (unpaired) electrons. The first-order valence-electron chi connectivity index (χ1n) is 10.2. The third-order valence-electron chi connectivity index (χ3n) is 4.93. The van der Waals surface area contributed by atoms with Crippen molar-refractivity contribution in [1.29, 1.82) is 0 Å². The third kappa shape index (κ3) is 5.18. The number of amides is 1. The zero-order chi connectivity index (χ0) is 23.4. The second-order valence-electron chi connectivity index (χ2n) is 7.36. The Labute approximate surface area is 201 Å². The van der Waals surface area contributed by atoms with Gasteiger partial charge >= 0.3 is 0 Å². The molecule has 0 spiro atoms. The molecule has 0 saturated carbocycles. The molecule has 0 unspecified atom stereocenters. The van der Waals surface area contributed by atoms with Gasteiger partial charge in [0.05, 0.1) is 18.6 Å². The molecule has 0 aliphatic heterocycles. The number of ether oxygens (including phenoxy) is 1. The first kappa shape index (κ1) is 22.8. The molecule has 1 N–H and O–H groups in total. The fraction of sp³-hybridized carbons (Fsp3) is 0.167. The number of carbonyl (C=O) groups excluding carboxylic acids is 1. The van der Waals surface area contributed by atoms with Gasteiger partial charge in [-0.3, -0.25) is 14.3 Å². The highest BCUT2D eigenvalue weighted by Gasteiger charge is 2.18. The van der Waals surface area contributed by atoms with Crippen molar-refractivity contribution in [3.05, 3.63) is 77.1 Å². The molecule has 33 heavy (non-hydrogen) atoms. The van der Waals surface area contributed by atoms with Crippen molar-refractivity contribution in [2.24, 2.45) is 0 Å². The van der Waals surface area contributed by atoms with Gasteiger partial charge in [0.15, 0.2) is 11.0 Å². The van der Waals surface area contributed by atoms with E-state index in [1.54, 1.807) is 24.5 Å². The fourth-order valence-electron chi connectivity index (χ4n) is 3.22. The van der Waals surface area contributed by atoms with Gasteiger partial charge in [0.25, 0.3) is 0 Å². The topological polar surface area (TPSA) is 81.9 Å². The summed E-state index contributed by atoms with van der Waals surface area (Å²) in [4.78, 5) is 16.9. The number of nitrogens with zero attached hydrogens (tertiary/aromatic N) is 4. The van der Waals surface area contributed by atoms with E-state index in [9.17, 15) is 4.79 Å². The van der Waals surface area contributed by atoms with Crippen LogP contribution < -0.4 is 10.1 Å². The number of methoxy groups -OCH3 is 1. The summed E-state index contributed by atoms with van der Waals surface area (Å²) in [5.74, 6) is 1.11. The molecule has 0 atom stereocenters. The van der Waals surface area contributed by atoms with Crippen LogP contribution in [0.25, 0.3) is 17.1 Å². The molecule has 2 aromatic heterocycles. The maximum absolute atomic E-state index is 12.7. The van der Waals surface area contributed by atoms with Crippen LogP contribution in [0.15, 0.2) is 66.1 Å². The molecular weight excluding hydrogens is 458 g/mol. The molecule has 0 aliphatic rings. The van der Waals surface area contributed by atoms with Gasteiger partial charge in [0, 0.05) is 34.7 Å². The summed E-state index contributed by atoms with van der Waals surface area (Å²) >= 11 is 7.46. The molecule has 1 amide bonds. The number of rotatable bonds is 7. The number of nitrogens with one attached hydrogen (secondary N) is 1. The molecule has 0 fully saturated rings. The average molecular weight is 480 g/mol. The van der Waals surface area contributed by atoms with E-state index in [1.165, 1.54) is 18.9 Å². The van der Waals surface area contributed by atoms with Crippen molar-refractivity contribution in [2.75, 3.05) is 18.2 Å². The molecule has 2 heterocycles. The van der Waals surface area contributed by atoms with E-state index in [-0.39, 0.29) is 11.7 Å². The summed E-state index contributed by atoms with van der Waals surface area (Å²) in [7, 11) is 1.54. The lowest BCUT2D eigenvalue weighted by atomic mass is 10.2. The highest BCUT2D eigenvalue weighted by molar-refractivity contribution is 7.99. The highest BCUT2D eigenvalue weighted by atomic mass is 35.5. The van der Waals surface area contributed by atoms with Gasteiger partial charge in [-0.15, -0.1) is 10.2 Å². The van der Waals surface area contributed by atoms with Crippen LogP contribution in [0.2, 0.25) is 5.02 Å². The smallest absolute Gasteiger partial charge is 0.234 e. The van der Waals surface area contributed by atoms with Gasteiger partial charge in [0.2, 0.25) is 5.91 Å². The summed E-state index contributed by atoms with van der Waals surface area (Å²) in [6, 6.07) is 15.3. The average Bonchev–Trinajstić information content (AvgIpc) is 3.25. The molecule has 0 saturated heterocycles. The molecule has 2 aromatic carbocycles. The van der Waals surface area contributed by atoms with Crippen molar-refractivity contribution in [3.8, 4) is 22.8 Å². The van der Waals surface area contributed by atoms with E-state index < -0.39 is 0 Å². The Morgan fingerprint density at radius 3 is 2.64 bits per heavy atom. The van der Waals surface area contributed by atoms with Gasteiger partial charge in [-0.25, -0.2) is 0 Å². The summed E-state index contributed by atoms with van der Waals surface area (Å²) in [5.41, 5.74) is 4.31. The van der Waals surface area contributed by atoms with Gasteiger partial charge in [-0.1, -0.05) is 41.1 Å². The molecule has 168 valence electrons. The van der Waals surface area contributed by atoms with Crippen LogP contribution in [0.3, 0.4) is 0 Å². The number of anilines is 1. The van der Waals surface area contributed by atoms with Gasteiger partial charge in [-0.05, 0) is 49.7 Å². The SMILES string of the molecule is COc1cc(Cl)c(C)cc1NC(=O)CSc1nnc(-c2cccnc2)n1-c1ccc(C)cc1. The van der Waals surface area contributed by atoms with Gasteiger partial charge in [0.1, 0.15) is 5.75 Å². The lowest BCUT2D eigenvalue weighted by molar-refractivity contribution is -0.113. The van der Waals surface area contributed by atoms with Gasteiger partial charge < -0.3 is 10.1 Å². The first-order chi connectivity index (χ1) is 16.0. The zero-order valence-corrected chi connectivity index (χ0v) is 19.9. The van der Waals surface area contributed by atoms with Crippen LogP contribution in [0, 0.1) is 13.8 Å². The van der Waals surface area contributed by atoms with Crippen LogP contribution in [0.5, 0.6) is 5.75 Å². The molecule has 0 aliphatic carbocycles. The van der Waals surface area contributed by atoms with E-state index in [4.69, 9.17) is 16.3 Å². The van der Waals surface area contributed by atoms with E-state index in [0.29, 0.717) is 27.4 Å². The normalized spacial score (nSPS) is 10.8. The molecule has 4 aromatic rings. The quantitative estimate of drug-likeness (QED) is 0.360.